The van der Waals surface area contributed by atoms with Crippen LogP contribution in [-0.4, -0.2) is 10.1 Å². The Bertz CT molecular complexity index is 522. The molecule has 0 bridgehead atoms. The summed E-state index contributed by atoms with van der Waals surface area (Å²) in [5, 5.41) is 4.94. The first-order valence-corrected chi connectivity index (χ1v) is 6.39. The first kappa shape index (κ1) is 13.3. The van der Waals surface area contributed by atoms with Crippen LogP contribution < -0.4 is 5.73 Å². The SMILES string of the molecule is CCCc1nc(C(N)c2cc(Cl)cc(Cl)c2)no1. The van der Waals surface area contributed by atoms with Gasteiger partial charge in [-0.2, -0.15) is 4.98 Å². The normalized spacial score (nSPS) is 12.7. The topological polar surface area (TPSA) is 64.9 Å². The number of hydrogen-bond donors (Lipinski definition) is 1. The maximum Gasteiger partial charge on any atom is 0.226 e. The van der Waals surface area contributed by atoms with Crippen molar-refractivity contribution in [2.24, 2.45) is 5.73 Å². The van der Waals surface area contributed by atoms with E-state index in [1.807, 2.05) is 6.92 Å². The summed E-state index contributed by atoms with van der Waals surface area (Å²) < 4.78 is 5.10. The van der Waals surface area contributed by atoms with E-state index in [4.69, 9.17) is 33.5 Å². The van der Waals surface area contributed by atoms with Crippen molar-refractivity contribution in [1.29, 1.82) is 0 Å². The first-order valence-electron chi connectivity index (χ1n) is 5.64. The minimum absolute atomic E-state index is 0.441. The molecule has 1 atom stereocenters. The summed E-state index contributed by atoms with van der Waals surface area (Å²) in [4.78, 5) is 4.25. The highest BCUT2D eigenvalue weighted by atomic mass is 35.5. The number of nitrogens with two attached hydrogens (primary N) is 1. The highest BCUT2D eigenvalue weighted by Crippen LogP contribution is 2.25. The monoisotopic (exact) mass is 285 g/mol. The molecule has 0 radical (unpaired) electrons. The Kier molecular flexibility index (Phi) is 4.22. The molecule has 18 heavy (non-hydrogen) atoms. The molecule has 0 fully saturated rings. The van der Waals surface area contributed by atoms with E-state index in [9.17, 15) is 0 Å². The molecule has 0 aliphatic carbocycles. The van der Waals surface area contributed by atoms with E-state index >= 15 is 0 Å². The fourth-order valence-corrected chi connectivity index (χ4v) is 2.16. The Morgan fingerprint density at radius 3 is 2.56 bits per heavy atom. The standard InChI is InChI=1S/C12H13Cl2N3O/c1-2-3-10-16-12(17-18-10)11(15)7-4-8(13)6-9(14)5-7/h4-6,11H,2-3,15H2,1H3. The molecule has 1 aromatic carbocycles. The number of benzene rings is 1. The smallest absolute Gasteiger partial charge is 0.226 e. The summed E-state index contributed by atoms with van der Waals surface area (Å²) >= 11 is 11.9. The third kappa shape index (κ3) is 3.02. The van der Waals surface area contributed by atoms with Crippen LogP contribution in [0.1, 0.15) is 36.7 Å². The predicted octanol–water partition coefficient (Wildman–Crippen LogP) is 3.38. The van der Waals surface area contributed by atoms with Crippen molar-refractivity contribution < 1.29 is 4.52 Å². The van der Waals surface area contributed by atoms with Crippen molar-refractivity contribution in [3.63, 3.8) is 0 Å². The molecule has 0 amide bonds. The van der Waals surface area contributed by atoms with Crippen molar-refractivity contribution in [2.45, 2.75) is 25.8 Å². The highest BCUT2D eigenvalue weighted by molar-refractivity contribution is 6.34. The molecule has 2 aromatic rings. The van der Waals surface area contributed by atoms with Crippen LogP contribution in [0.5, 0.6) is 0 Å². The zero-order valence-corrected chi connectivity index (χ0v) is 11.4. The van der Waals surface area contributed by atoms with Crippen molar-refractivity contribution in [3.05, 3.63) is 45.5 Å². The molecule has 6 heteroatoms. The number of aryl methyl sites for hydroxylation is 1. The highest BCUT2D eigenvalue weighted by Gasteiger charge is 2.16. The number of rotatable bonds is 4. The molecule has 0 aliphatic rings. The second kappa shape index (κ2) is 5.69. The van der Waals surface area contributed by atoms with Crippen LogP contribution >= 0.6 is 23.2 Å². The Morgan fingerprint density at radius 1 is 1.28 bits per heavy atom. The van der Waals surface area contributed by atoms with Gasteiger partial charge in [-0.25, -0.2) is 0 Å². The molecular weight excluding hydrogens is 273 g/mol. The van der Waals surface area contributed by atoms with Gasteiger partial charge in [0.25, 0.3) is 0 Å². The maximum atomic E-state index is 6.06. The van der Waals surface area contributed by atoms with Crippen molar-refractivity contribution in [2.75, 3.05) is 0 Å². The minimum atomic E-state index is -0.490. The van der Waals surface area contributed by atoms with E-state index in [2.05, 4.69) is 10.1 Å². The molecule has 2 rings (SSSR count). The van der Waals surface area contributed by atoms with E-state index in [1.165, 1.54) is 0 Å². The van der Waals surface area contributed by atoms with E-state index in [0.29, 0.717) is 21.8 Å². The third-order valence-electron chi connectivity index (χ3n) is 2.47. The molecule has 1 heterocycles. The van der Waals surface area contributed by atoms with Crippen LogP contribution in [0, 0.1) is 0 Å². The van der Waals surface area contributed by atoms with Crippen LogP contribution in [0.4, 0.5) is 0 Å². The summed E-state index contributed by atoms with van der Waals surface area (Å²) in [6, 6.07) is 4.65. The lowest BCUT2D eigenvalue weighted by molar-refractivity contribution is 0.370. The molecule has 2 N–H and O–H groups in total. The van der Waals surface area contributed by atoms with Gasteiger partial charge in [0.2, 0.25) is 5.89 Å². The fourth-order valence-electron chi connectivity index (χ4n) is 1.61. The number of aromatic nitrogens is 2. The zero-order chi connectivity index (χ0) is 13.1. The number of nitrogens with zero attached hydrogens (tertiary/aromatic N) is 2. The van der Waals surface area contributed by atoms with Crippen LogP contribution in [0.3, 0.4) is 0 Å². The quantitative estimate of drug-likeness (QED) is 0.935. The third-order valence-corrected chi connectivity index (χ3v) is 2.91. The lowest BCUT2D eigenvalue weighted by Gasteiger charge is -2.08. The van der Waals surface area contributed by atoms with Gasteiger partial charge in [0.05, 0.1) is 6.04 Å². The molecular formula is C12H13Cl2N3O. The number of hydrogen-bond acceptors (Lipinski definition) is 4. The van der Waals surface area contributed by atoms with Crippen LogP contribution in [-0.2, 0) is 6.42 Å². The van der Waals surface area contributed by atoms with E-state index in [1.54, 1.807) is 18.2 Å². The molecule has 0 spiro atoms. The van der Waals surface area contributed by atoms with E-state index in [-0.39, 0.29) is 0 Å². The Balaban J connectivity index is 2.26. The Morgan fingerprint density at radius 2 is 1.94 bits per heavy atom. The van der Waals surface area contributed by atoms with Crippen LogP contribution in [0.15, 0.2) is 22.7 Å². The minimum Gasteiger partial charge on any atom is -0.339 e. The summed E-state index contributed by atoms with van der Waals surface area (Å²) in [5.41, 5.74) is 6.82. The van der Waals surface area contributed by atoms with Gasteiger partial charge in [0.15, 0.2) is 5.82 Å². The van der Waals surface area contributed by atoms with Crippen molar-refractivity contribution in [1.82, 2.24) is 10.1 Å². The predicted molar refractivity (Wildman–Crippen MR) is 70.8 cm³/mol. The molecule has 0 aliphatic heterocycles. The van der Waals surface area contributed by atoms with Crippen molar-refractivity contribution in [3.8, 4) is 0 Å². The van der Waals surface area contributed by atoms with Crippen LogP contribution in [0.25, 0.3) is 0 Å². The molecule has 1 unspecified atom stereocenters. The van der Waals surface area contributed by atoms with E-state index in [0.717, 1.165) is 18.4 Å². The summed E-state index contributed by atoms with van der Waals surface area (Å²) in [7, 11) is 0. The molecule has 0 saturated carbocycles. The van der Waals surface area contributed by atoms with Gasteiger partial charge in [-0.05, 0) is 30.2 Å². The van der Waals surface area contributed by atoms with Gasteiger partial charge in [0, 0.05) is 16.5 Å². The number of halogens is 2. The van der Waals surface area contributed by atoms with E-state index < -0.39 is 6.04 Å². The molecule has 4 nitrogen and oxygen atoms in total. The van der Waals surface area contributed by atoms with Gasteiger partial charge >= 0.3 is 0 Å². The summed E-state index contributed by atoms with van der Waals surface area (Å²) in [6.45, 7) is 2.04. The second-order valence-electron chi connectivity index (χ2n) is 3.98. The van der Waals surface area contributed by atoms with Crippen LogP contribution in [0.2, 0.25) is 10.0 Å². The summed E-state index contributed by atoms with van der Waals surface area (Å²) in [6.07, 6.45) is 1.69. The second-order valence-corrected chi connectivity index (χ2v) is 4.85. The molecule has 1 aromatic heterocycles. The molecule has 96 valence electrons. The van der Waals surface area contributed by atoms with Gasteiger partial charge in [-0.3, -0.25) is 0 Å². The van der Waals surface area contributed by atoms with Gasteiger partial charge in [0.1, 0.15) is 0 Å². The maximum absolute atomic E-state index is 6.06. The van der Waals surface area contributed by atoms with Gasteiger partial charge < -0.3 is 10.3 Å². The largest absolute Gasteiger partial charge is 0.339 e. The average Bonchev–Trinajstić information content (AvgIpc) is 2.76. The zero-order valence-electron chi connectivity index (χ0n) is 9.86. The van der Waals surface area contributed by atoms with Gasteiger partial charge in [-0.1, -0.05) is 35.3 Å². The first-order chi connectivity index (χ1) is 8.60. The summed E-state index contributed by atoms with van der Waals surface area (Å²) in [5.74, 6) is 1.04. The lowest BCUT2D eigenvalue weighted by atomic mass is 10.1. The molecule has 0 saturated heterocycles. The Hall–Kier alpha value is -1.10. The fraction of sp³-hybridized carbons (Fsp3) is 0.333. The average molecular weight is 286 g/mol. The Labute approximate surface area is 115 Å². The lowest BCUT2D eigenvalue weighted by Crippen LogP contribution is -2.13. The van der Waals surface area contributed by atoms with Crippen molar-refractivity contribution >= 4 is 23.2 Å². The van der Waals surface area contributed by atoms with Gasteiger partial charge in [-0.15, -0.1) is 0 Å².